The van der Waals surface area contributed by atoms with E-state index in [1.807, 2.05) is 0 Å². The predicted octanol–water partition coefficient (Wildman–Crippen LogP) is -0.972. The first kappa shape index (κ1) is 9.98. The van der Waals surface area contributed by atoms with Crippen molar-refractivity contribution in [1.82, 2.24) is 10.6 Å². The first-order valence-electron chi connectivity index (χ1n) is 4.34. The second kappa shape index (κ2) is 4.81. The van der Waals surface area contributed by atoms with Gasteiger partial charge in [-0.3, -0.25) is 9.59 Å². The van der Waals surface area contributed by atoms with Crippen molar-refractivity contribution in [3.8, 4) is 0 Å². The first-order chi connectivity index (χ1) is 6.24. The third kappa shape index (κ3) is 3.02. The van der Waals surface area contributed by atoms with Crippen LogP contribution in [0.15, 0.2) is 0 Å². The Morgan fingerprint density at radius 3 is 2.85 bits per heavy atom. The molecule has 5 heteroatoms. The molecule has 0 aromatic rings. The van der Waals surface area contributed by atoms with Crippen LogP contribution in [-0.4, -0.2) is 38.1 Å². The van der Waals surface area contributed by atoms with Crippen LogP contribution in [0.5, 0.6) is 0 Å². The maximum Gasteiger partial charge on any atom is 0.249 e. The van der Waals surface area contributed by atoms with Gasteiger partial charge in [0.15, 0.2) is 0 Å². The molecule has 1 saturated heterocycles. The van der Waals surface area contributed by atoms with E-state index in [1.54, 1.807) is 0 Å². The lowest BCUT2D eigenvalue weighted by atomic mass is 10.2. The third-order valence-electron chi connectivity index (χ3n) is 1.92. The Labute approximate surface area is 76.8 Å². The SMILES string of the molecule is CNC(=O)CNC(=O)[C@@H]1CCCO1. The standard InChI is InChI=1S/C8H14N2O3/c1-9-7(11)5-10-8(12)6-3-2-4-13-6/h6H,2-5H2,1H3,(H,9,11)(H,10,12)/t6-/m0/s1. The van der Waals surface area contributed by atoms with E-state index in [4.69, 9.17) is 4.74 Å². The predicted molar refractivity (Wildman–Crippen MR) is 46.1 cm³/mol. The number of hydrogen-bond donors (Lipinski definition) is 2. The highest BCUT2D eigenvalue weighted by Gasteiger charge is 2.23. The van der Waals surface area contributed by atoms with Gasteiger partial charge < -0.3 is 15.4 Å². The molecular formula is C8H14N2O3. The average molecular weight is 186 g/mol. The molecule has 0 aliphatic carbocycles. The van der Waals surface area contributed by atoms with E-state index in [1.165, 1.54) is 7.05 Å². The second-order valence-corrected chi connectivity index (χ2v) is 2.89. The molecule has 0 spiro atoms. The maximum absolute atomic E-state index is 11.2. The molecule has 1 fully saturated rings. The van der Waals surface area contributed by atoms with Gasteiger partial charge in [-0.05, 0) is 12.8 Å². The quantitative estimate of drug-likeness (QED) is 0.595. The lowest BCUT2D eigenvalue weighted by Gasteiger charge is -2.09. The summed E-state index contributed by atoms with van der Waals surface area (Å²) < 4.78 is 5.14. The lowest BCUT2D eigenvalue weighted by molar-refractivity contribution is -0.132. The molecule has 0 aromatic heterocycles. The van der Waals surface area contributed by atoms with Crippen LogP contribution in [0.4, 0.5) is 0 Å². The van der Waals surface area contributed by atoms with Crippen LogP contribution in [0.2, 0.25) is 0 Å². The molecule has 74 valence electrons. The van der Waals surface area contributed by atoms with E-state index < -0.39 is 0 Å². The summed E-state index contributed by atoms with van der Waals surface area (Å²) in [6, 6.07) is 0. The fraction of sp³-hybridized carbons (Fsp3) is 0.750. The van der Waals surface area contributed by atoms with Gasteiger partial charge in [-0.25, -0.2) is 0 Å². The highest BCUT2D eigenvalue weighted by molar-refractivity contribution is 5.86. The van der Waals surface area contributed by atoms with E-state index in [0.29, 0.717) is 6.61 Å². The number of amides is 2. The van der Waals surface area contributed by atoms with E-state index in [-0.39, 0.29) is 24.5 Å². The zero-order valence-corrected chi connectivity index (χ0v) is 7.63. The minimum Gasteiger partial charge on any atom is -0.368 e. The molecule has 0 aromatic carbocycles. The largest absolute Gasteiger partial charge is 0.368 e. The number of ether oxygens (including phenoxy) is 1. The number of rotatable bonds is 3. The Morgan fingerprint density at radius 1 is 1.54 bits per heavy atom. The minimum atomic E-state index is -0.357. The highest BCUT2D eigenvalue weighted by Crippen LogP contribution is 2.11. The molecule has 1 atom stereocenters. The normalized spacial score (nSPS) is 21.2. The molecule has 1 aliphatic rings. The number of carbonyl (C=O) groups excluding carboxylic acids is 2. The molecule has 0 bridgehead atoms. The highest BCUT2D eigenvalue weighted by atomic mass is 16.5. The van der Waals surface area contributed by atoms with Gasteiger partial charge in [0.05, 0.1) is 6.54 Å². The maximum atomic E-state index is 11.2. The monoisotopic (exact) mass is 186 g/mol. The minimum absolute atomic E-state index is 0.0230. The first-order valence-corrected chi connectivity index (χ1v) is 4.34. The van der Waals surface area contributed by atoms with Crippen molar-refractivity contribution in [3.63, 3.8) is 0 Å². The van der Waals surface area contributed by atoms with Gasteiger partial charge in [0.1, 0.15) is 6.10 Å². The van der Waals surface area contributed by atoms with Gasteiger partial charge in [-0.15, -0.1) is 0 Å². The van der Waals surface area contributed by atoms with Crippen molar-refractivity contribution < 1.29 is 14.3 Å². The molecule has 1 rings (SSSR count). The van der Waals surface area contributed by atoms with E-state index >= 15 is 0 Å². The van der Waals surface area contributed by atoms with Crippen LogP contribution in [0.3, 0.4) is 0 Å². The molecule has 1 aliphatic heterocycles. The summed E-state index contributed by atoms with van der Waals surface area (Å²) in [5.74, 6) is -0.396. The van der Waals surface area contributed by atoms with Crippen LogP contribution < -0.4 is 10.6 Å². The van der Waals surface area contributed by atoms with E-state index in [0.717, 1.165) is 12.8 Å². The molecule has 0 radical (unpaired) electrons. The van der Waals surface area contributed by atoms with Gasteiger partial charge in [-0.1, -0.05) is 0 Å². The lowest BCUT2D eigenvalue weighted by Crippen LogP contribution is -2.40. The van der Waals surface area contributed by atoms with Gasteiger partial charge in [0.2, 0.25) is 11.8 Å². The van der Waals surface area contributed by atoms with Crippen LogP contribution in [0.1, 0.15) is 12.8 Å². The van der Waals surface area contributed by atoms with Crippen LogP contribution in [-0.2, 0) is 14.3 Å². The molecule has 0 saturated carbocycles. The third-order valence-corrected chi connectivity index (χ3v) is 1.92. The number of nitrogens with one attached hydrogen (secondary N) is 2. The summed E-state index contributed by atoms with van der Waals surface area (Å²) >= 11 is 0. The number of likely N-dealkylation sites (N-methyl/N-ethyl adjacent to an activating group) is 1. The zero-order valence-electron chi connectivity index (χ0n) is 7.63. The Hall–Kier alpha value is -1.10. The van der Waals surface area contributed by atoms with Crippen molar-refractivity contribution in [3.05, 3.63) is 0 Å². The Morgan fingerprint density at radius 2 is 2.31 bits per heavy atom. The van der Waals surface area contributed by atoms with Crippen LogP contribution >= 0.6 is 0 Å². The fourth-order valence-corrected chi connectivity index (χ4v) is 1.15. The van der Waals surface area contributed by atoms with Gasteiger partial charge in [-0.2, -0.15) is 0 Å². The Bertz CT molecular complexity index is 200. The Kier molecular flexibility index (Phi) is 3.70. The summed E-state index contributed by atoms with van der Waals surface area (Å²) in [7, 11) is 1.53. The molecule has 0 unspecified atom stereocenters. The number of carbonyl (C=O) groups is 2. The van der Waals surface area contributed by atoms with Crippen molar-refractivity contribution in [2.45, 2.75) is 18.9 Å². The summed E-state index contributed by atoms with van der Waals surface area (Å²) in [6.07, 6.45) is 1.31. The van der Waals surface area contributed by atoms with Crippen molar-refractivity contribution >= 4 is 11.8 Å². The number of hydrogen-bond acceptors (Lipinski definition) is 3. The fourth-order valence-electron chi connectivity index (χ4n) is 1.15. The van der Waals surface area contributed by atoms with Crippen molar-refractivity contribution in [2.75, 3.05) is 20.2 Å². The van der Waals surface area contributed by atoms with Crippen molar-refractivity contribution in [2.24, 2.45) is 0 Å². The molecule has 2 N–H and O–H groups in total. The molecular weight excluding hydrogens is 172 g/mol. The van der Waals surface area contributed by atoms with Crippen LogP contribution in [0, 0.1) is 0 Å². The summed E-state index contributed by atoms with van der Waals surface area (Å²) in [6.45, 7) is 0.660. The topological polar surface area (TPSA) is 67.4 Å². The van der Waals surface area contributed by atoms with Crippen LogP contribution in [0.25, 0.3) is 0 Å². The van der Waals surface area contributed by atoms with E-state index in [9.17, 15) is 9.59 Å². The molecule has 5 nitrogen and oxygen atoms in total. The second-order valence-electron chi connectivity index (χ2n) is 2.89. The summed E-state index contributed by atoms with van der Waals surface area (Å²) in [5, 5.41) is 4.92. The molecule has 13 heavy (non-hydrogen) atoms. The molecule has 2 amide bonds. The van der Waals surface area contributed by atoms with Gasteiger partial charge in [0, 0.05) is 13.7 Å². The van der Waals surface area contributed by atoms with Gasteiger partial charge in [0.25, 0.3) is 0 Å². The molecule has 1 heterocycles. The summed E-state index contributed by atoms with van der Waals surface area (Å²) in [5.41, 5.74) is 0. The van der Waals surface area contributed by atoms with Gasteiger partial charge >= 0.3 is 0 Å². The zero-order chi connectivity index (χ0) is 9.68. The van der Waals surface area contributed by atoms with Crippen molar-refractivity contribution in [1.29, 1.82) is 0 Å². The smallest absolute Gasteiger partial charge is 0.249 e. The van der Waals surface area contributed by atoms with E-state index in [2.05, 4.69) is 10.6 Å². The summed E-state index contributed by atoms with van der Waals surface area (Å²) in [4.78, 5) is 22.0. The average Bonchev–Trinajstić information content (AvgIpc) is 2.66. The Balaban J connectivity index is 2.20.